The lowest BCUT2D eigenvalue weighted by Gasteiger charge is -2.36. The molecule has 2 amide bonds. The van der Waals surface area contributed by atoms with E-state index in [-0.39, 0.29) is 17.5 Å². The number of pyridine rings is 1. The number of hydrogen-bond acceptors (Lipinski definition) is 5. The van der Waals surface area contributed by atoms with Crippen LogP contribution >= 0.6 is 11.6 Å². The van der Waals surface area contributed by atoms with Gasteiger partial charge in [0.05, 0.1) is 0 Å². The molecule has 0 fully saturated rings. The summed E-state index contributed by atoms with van der Waals surface area (Å²) in [6, 6.07) is 18.2. The number of rotatable bonds is 4. The smallest absolute Gasteiger partial charge is 0.274 e. The quantitative estimate of drug-likeness (QED) is 0.666. The minimum absolute atomic E-state index is 0.214. The normalized spacial score (nSPS) is 16.4. The highest BCUT2D eigenvalue weighted by Gasteiger charge is 2.41. The van der Waals surface area contributed by atoms with Crippen LogP contribution in [0.3, 0.4) is 0 Å². The Labute approximate surface area is 178 Å². The monoisotopic (exact) mass is 422 g/mol. The third-order valence-electron chi connectivity index (χ3n) is 4.78. The minimum atomic E-state index is -0.894. The maximum absolute atomic E-state index is 13.4. The fourth-order valence-electron chi connectivity index (χ4n) is 3.23. The van der Waals surface area contributed by atoms with Gasteiger partial charge in [0.1, 0.15) is 11.9 Å². The largest absolute Gasteiger partial charge is 0.472 e. The van der Waals surface area contributed by atoms with Gasteiger partial charge in [-0.15, -0.1) is 0 Å². The lowest BCUT2D eigenvalue weighted by molar-refractivity contribution is -0.129. The van der Waals surface area contributed by atoms with Gasteiger partial charge in [0, 0.05) is 16.3 Å². The fourth-order valence-corrected chi connectivity index (χ4v) is 3.36. The van der Waals surface area contributed by atoms with Crippen molar-refractivity contribution in [2.75, 3.05) is 16.0 Å². The van der Waals surface area contributed by atoms with Crippen molar-refractivity contribution in [3.05, 3.63) is 77.3 Å². The zero-order chi connectivity index (χ0) is 21.3. The van der Waals surface area contributed by atoms with Crippen LogP contribution < -0.4 is 20.7 Å². The molecule has 1 aromatic heterocycles. The van der Waals surface area contributed by atoms with E-state index in [0.29, 0.717) is 22.0 Å². The van der Waals surface area contributed by atoms with Crippen molar-refractivity contribution in [3.8, 4) is 5.75 Å². The number of anilines is 3. The second-order valence-electron chi connectivity index (χ2n) is 6.85. The highest BCUT2D eigenvalue weighted by molar-refractivity contribution is 6.30. The molecule has 3 N–H and O–H groups in total. The van der Waals surface area contributed by atoms with E-state index < -0.39 is 18.1 Å². The number of fused-ring (bicyclic) bond motifs is 1. The van der Waals surface area contributed by atoms with Crippen LogP contribution in [0.25, 0.3) is 0 Å². The van der Waals surface area contributed by atoms with Crippen molar-refractivity contribution in [1.29, 1.82) is 0 Å². The van der Waals surface area contributed by atoms with E-state index >= 15 is 0 Å². The molecule has 0 bridgehead atoms. The fraction of sp³-hybridized carbons (Fsp3) is 0.136. The van der Waals surface area contributed by atoms with E-state index in [1.807, 2.05) is 18.2 Å². The van der Waals surface area contributed by atoms with Gasteiger partial charge in [-0.1, -0.05) is 41.9 Å². The second-order valence-corrected chi connectivity index (χ2v) is 7.28. The molecule has 8 heteroatoms. The number of carbonyl (C=O) groups excluding carboxylic acids is 2. The molecular formula is C22H19ClN4O3. The number of nitrogens with one attached hydrogen (secondary N) is 1. The maximum Gasteiger partial charge on any atom is 0.274 e. The van der Waals surface area contributed by atoms with Gasteiger partial charge < -0.3 is 15.8 Å². The van der Waals surface area contributed by atoms with E-state index in [0.717, 1.165) is 0 Å². The first kappa shape index (κ1) is 19.7. The number of ether oxygens (including phenoxy) is 1. The molecule has 0 saturated carbocycles. The molecular weight excluding hydrogens is 404 g/mol. The molecule has 7 nitrogen and oxygen atoms in total. The first-order valence-electron chi connectivity index (χ1n) is 9.31. The number of carbonyl (C=O) groups is 2. The lowest BCUT2D eigenvalue weighted by atomic mass is 10.0. The number of nitrogens with two attached hydrogens (primary N) is 1. The van der Waals surface area contributed by atoms with Gasteiger partial charge in [0.15, 0.2) is 11.6 Å². The van der Waals surface area contributed by atoms with Crippen LogP contribution in [0.4, 0.5) is 17.3 Å². The maximum atomic E-state index is 13.4. The Bertz CT molecular complexity index is 1090. The summed E-state index contributed by atoms with van der Waals surface area (Å²) in [5, 5.41) is 3.35. The van der Waals surface area contributed by atoms with Gasteiger partial charge in [0.25, 0.3) is 5.91 Å². The van der Waals surface area contributed by atoms with Gasteiger partial charge in [-0.3, -0.25) is 14.5 Å². The molecule has 3 aromatic rings. The Morgan fingerprint density at radius 3 is 2.53 bits per heavy atom. The molecule has 30 heavy (non-hydrogen) atoms. The van der Waals surface area contributed by atoms with Gasteiger partial charge in [0.2, 0.25) is 12.0 Å². The van der Waals surface area contributed by atoms with E-state index in [1.54, 1.807) is 55.5 Å². The third-order valence-corrected chi connectivity index (χ3v) is 5.03. The minimum Gasteiger partial charge on any atom is -0.472 e. The Morgan fingerprint density at radius 2 is 1.83 bits per heavy atom. The first-order valence-corrected chi connectivity index (χ1v) is 9.69. The topological polar surface area (TPSA) is 97.5 Å². The van der Waals surface area contributed by atoms with Crippen LogP contribution in [0.15, 0.2) is 66.7 Å². The van der Waals surface area contributed by atoms with Crippen LogP contribution in [0.5, 0.6) is 5.75 Å². The van der Waals surface area contributed by atoms with E-state index in [1.165, 1.54) is 4.90 Å². The van der Waals surface area contributed by atoms with Crippen molar-refractivity contribution in [1.82, 2.24) is 4.98 Å². The predicted octanol–water partition coefficient (Wildman–Crippen LogP) is 3.81. The van der Waals surface area contributed by atoms with Crippen molar-refractivity contribution >= 4 is 40.7 Å². The molecule has 2 atom stereocenters. The SMILES string of the molecule is CC(C(=O)Nc1ccc(Cl)cc1)N1C(=O)C(c2ccccc2)Oc2ccc(N)nc21. The Kier molecular flexibility index (Phi) is 5.29. The summed E-state index contributed by atoms with van der Waals surface area (Å²) < 4.78 is 5.92. The summed E-state index contributed by atoms with van der Waals surface area (Å²) in [6.45, 7) is 1.63. The van der Waals surface area contributed by atoms with Crippen LogP contribution in [-0.4, -0.2) is 22.8 Å². The average molecular weight is 423 g/mol. The van der Waals surface area contributed by atoms with E-state index in [4.69, 9.17) is 22.1 Å². The highest BCUT2D eigenvalue weighted by atomic mass is 35.5. The summed E-state index contributed by atoms with van der Waals surface area (Å²) in [7, 11) is 0. The number of amides is 2. The summed E-state index contributed by atoms with van der Waals surface area (Å²) >= 11 is 5.90. The molecule has 2 aromatic carbocycles. The number of benzene rings is 2. The average Bonchev–Trinajstić information content (AvgIpc) is 2.75. The summed E-state index contributed by atoms with van der Waals surface area (Å²) in [6.07, 6.45) is -0.894. The zero-order valence-corrected chi connectivity index (χ0v) is 16.8. The summed E-state index contributed by atoms with van der Waals surface area (Å²) in [5.74, 6) is 0.0356. The molecule has 1 aliphatic rings. The summed E-state index contributed by atoms with van der Waals surface area (Å²) in [5.41, 5.74) is 7.08. The molecule has 1 aliphatic heterocycles. The lowest BCUT2D eigenvalue weighted by Crippen LogP contribution is -2.51. The van der Waals surface area contributed by atoms with Crippen molar-refractivity contribution < 1.29 is 14.3 Å². The van der Waals surface area contributed by atoms with Gasteiger partial charge >= 0.3 is 0 Å². The van der Waals surface area contributed by atoms with Crippen LogP contribution in [-0.2, 0) is 9.59 Å². The Balaban J connectivity index is 1.68. The van der Waals surface area contributed by atoms with Crippen molar-refractivity contribution in [3.63, 3.8) is 0 Å². The van der Waals surface area contributed by atoms with Gasteiger partial charge in [-0.05, 0) is 43.3 Å². The van der Waals surface area contributed by atoms with Crippen molar-refractivity contribution in [2.24, 2.45) is 0 Å². The second kappa shape index (κ2) is 8.04. The van der Waals surface area contributed by atoms with E-state index in [2.05, 4.69) is 10.3 Å². The standard InChI is InChI=1S/C22H19ClN4O3/c1-13(21(28)25-16-9-7-15(23)8-10-16)27-20-17(11-12-18(24)26-20)30-19(22(27)29)14-5-3-2-4-6-14/h2-13,19H,1H3,(H2,24,26)(H,25,28). The molecule has 2 heterocycles. The Hall–Kier alpha value is -3.58. The first-order chi connectivity index (χ1) is 14.4. The number of halogens is 1. The van der Waals surface area contributed by atoms with Crippen LogP contribution in [0.1, 0.15) is 18.6 Å². The number of nitrogens with zero attached hydrogens (tertiary/aromatic N) is 2. The molecule has 0 aliphatic carbocycles. The number of aromatic nitrogens is 1. The predicted molar refractivity (Wildman–Crippen MR) is 115 cm³/mol. The molecule has 2 unspecified atom stereocenters. The molecule has 4 rings (SSSR count). The van der Waals surface area contributed by atoms with Gasteiger partial charge in [-0.2, -0.15) is 0 Å². The highest BCUT2D eigenvalue weighted by Crippen LogP contribution is 2.39. The molecule has 152 valence electrons. The molecule has 0 spiro atoms. The van der Waals surface area contributed by atoms with E-state index in [9.17, 15) is 9.59 Å². The van der Waals surface area contributed by atoms with Gasteiger partial charge in [-0.25, -0.2) is 4.98 Å². The number of nitrogen functional groups attached to an aromatic ring is 1. The van der Waals surface area contributed by atoms with Crippen LogP contribution in [0.2, 0.25) is 5.02 Å². The number of hydrogen-bond donors (Lipinski definition) is 2. The van der Waals surface area contributed by atoms with Crippen LogP contribution in [0, 0.1) is 0 Å². The third kappa shape index (κ3) is 3.79. The summed E-state index contributed by atoms with van der Waals surface area (Å²) in [4.78, 5) is 31.9. The van der Waals surface area contributed by atoms with Crippen molar-refractivity contribution in [2.45, 2.75) is 19.1 Å². The zero-order valence-electron chi connectivity index (χ0n) is 16.1. The molecule has 0 saturated heterocycles. The molecule has 0 radical (unpaired) electrons. The Morgan fingerprint density at radius 1 is 1.13 bits per heavy atom.